The zero-order valence-corrected chi connectivity index (χ0v) is 11.1. The highest BCUT2D eigenvalue weighted by atomic mass is 16.5. The summed E-state index contributed by atoms with van der Waals surface area (Å²) in [4.78, 5) is 4.13. The van der Waals surface area contributed by atoms with Gasteiger partial charge < -0.3 is 4.74 Å². The molecule has 20 heavy (non-hydrogen) atoms. The summed E-state index contributed by atoms with van der Waals surface area (Å²) in [6.07, 6.45) is 3.64. The van der Waals surface area contributed by atoms with E-state index in [2.05, 4.69) is 29.2 Å². The minimum Gasteiger partial charge on any atom is -0.489 e. The molecule has 2 aromatic carbocycles. The quantitative estimate of drug-likeness (QED) is 0.697. The molecule has 2 nitrogen and oxygen atoms in total. The van der Waals surface area contributed by atoms with Gasteiger partial charge in [0.25, 0.3) is 0 Å². The maximum absolute atomic E-state index is 5.77. The highest BCUT2D eigenvalue weighted by molar-refractivity contribution is 5.62. The molecule has 0 saturated carbocycles. The van der Waals surface area contributed by atoms with Crippen LogP contribution in [0.25, 0.3) is 11.1 Å². The molecule has 0 unspecified atom stereocenters. The van der Waals surface area contributed by atoms with Crippen LogP contribution < -0.4 is 4.74 Å². The van der Waals surface area contributed by atoms with E-state index in [4.69, 9.17) is 4.74 Å². The molecule has 98 valence electrons. The zero-order chi connectivity index (χ0) is 13.6. The van der Waals surface area contributed by atoms with Gasteiger partial charge >= 0.3 is 0 Å². The van der Waals surface area contributed by atoms with Gasteiger partial charge in [0.2, 0.25) is 0 Å². The Morgan fingerprint density at radius 1 is 0.750 bits per heavy atom. The maximum Gasteiger partial charge on any atom is 0.119 e. The van der Waals surface area contributed by atoms with E-state index in [0.717, 1.165) is 16.9 Å². The number of aromatic nitrogens is 1. The van der Waals surface area contributed by atoms with Crippen molar-refractivity contribution in [1.29, 1.82) is 0 Å². The van der Waals surface area contributed by atoms with Gasteiger partial charge in [-0.25, -0.2) is 0 Å². The van der Waals surface area contributed by atoms with Crippen molar-refractivity contribution >= 4 is 0 Å². The summed E-state index contributed by atoms with van der Waals surface area (Å²) in [6.45, 7) is 0.590. The van der Waals surface area contributed by atoms with E-state index in [1.807, 2.05) is 48.7 Å². The minimum absolute atomic E-state index is 0.590. The van der Waals surface area contributed by atoms with Gasteiger partial charge in [-0.2, -0.15) is 0 Å². The molecule has 0 N–H and O–H groups in total. The first-order chi connectivity index (χ1) is 9.92. The highest BCUT2D eigenvalue weighted by Crippen LogP contribution is 2.21. The second kappa shape index (κ2) is 6.02. The van der Waals surface area contributed by atoms with Gasteiger partial charge in [-0.3, -0.25) is 4.98 Å². The number of hydrogen-bond acceptors (Lipinski definition) is 2. The first kappa shape index (κ1) is 12.4. The van der Waals surface area contributed by atoms with Crippen molar-refractivity contribution in [2.45, 2.75) is 6.61 Å². The summed E-state index contributed by atoms with van der Waals surface area (Å²) in [5, 5.41) is 0. The summed E-state index contributed by atoms with van der Waals surface area (Å²) in [7, 11) is 0. The number of nitrogens with zero attached hydrogens (tertiary/aromatic N) is 1. The fourth-order valence-electron chi connectivity index (χ4n) is 2.02. The van der Waals surface area contributed by atoms with Crippen LogP contribution in [0.3, 0.4) is 0 Å². The Bertz CT molecular complexity index is 648. The van der Waals surface area contributed by atoms with Crippen LogP contribution in [0.1, 0.15) is 5.56 Å². The molecule has 0 aliphatic rings. The summed E-state index contributed by atoms with van der Waals surface area (Å²) in [5.74, 6) is 0.876. The molecule has 1 heterocycles. The van der Waals surface area contributed by atoms with Crippen LogP contribution in [-0.2, 0) is 6.61 Å². The van der Waals surface area contributed by atoms with Crippen LogP contribution >= 0.6 is 0 Å². The third kappa shape index (κ3) is 3.04. The normalized spacial score (nSPS) is 10.2. The fourth-order valence-corrected chi connectivity index (χ4v) is 2.02. The summed E-state index contributed by atoms with van der Waals surface area (Å²) < 4.78 is 5.77. The van der Waals surface area contributed by atoms with Gasteiger partial charge in [-0.05, 0) is 34.9 Å². The van der Waals surface area contributed by atoms with Gasteiger partial charge in [0.15, 0.2) is 0 Å². The second-order valence-electron chi connectivity index (χ2n) is 4.54. The summed E-state index contributed by atoms with van der Waals surface area (Å²) in [6, 6.07) is 22.2. The topological polar surface area (TPSA) is 22.1 Å². The number of hydrogen-bond donors (Lipinski definition) is 0. The smallest absolute Gasteiger partial charge is 0.119 e. The highest BCUT2D eigenvalue weighted by Gasteiger charge is 1.99. The van der Waals surface area contributed by atoms with E-state index < -0.39 is 0 Å². The molecule has 3 rings (SSSR count). The average molecular weight is 261 g/mol. The lowest BCUT2D eigenvalue weighted by Crippen LogP contribution is -1.94. The van der Waals surface area contributed by atoms with Gasteiger partial charge in [-0.1, -0.05) is 48.5 Å². The molecule has 0 amide bonds. The van der Waals surface area contributed by atoms with Gasteiger partial charge in [0.1, 0.15) is 12.4 Å². The van der Waals surface area contributed by atoms with Crippen LogP contribution in [0.15, 0.2) is 79.1 Å². The van der Waals surface area contributed by atoms with E-state index in [-0.39, 0.29) is 0 Å². The Morgan fingerprint density at radius 3 is 2.25 bits per heavy atom. The van der Waals surface area contributed by atoms with Crippen molar-refractivity contribution in [3.63, 3.8) is 0 Å². The second-order valence-corrected chi connectivity index (χ2v) is 4.54. The molecule has 0 saturated heterocycles. The van der Waals surface area contributed by atoms with Crippen molar-refractivity contribution < 1.29 is 4.74 Å². The van der Waals surface area contributed by atoms with Crippen LogP contribution in [0, 0.1) is 0 Å². The molecule has 0 atom stereocenters. The number of benzene rings is 2. The van der Waals surface area contributed by atoms with Crippen molar-refractivity contribution in [2.24, 2.45) is 0 Å². The number of ether oxygens (including phenoxy) is 1. The van der Waals surface area contributed by atoms with Crippen molar-refractivity contribution in [3.8, 4) is 16.9 Å². The predicted molar refractivity (Wildman–Crippen MR) is 80.4 cm³/mol. The largest absolute Gasteiger partial charge is 0.489 e. The molecule has 0 aliphatic heterocycles. The Kier molecular flexibility index (Phi) is 3.74. The van der Waals surface area contributed by atoms with Crippen LogP contribution in [-0.4, -0.2) is 4.98 Å². The maximum atomic E-state index is 5.77. The van der Waals surface area contributed by atoms with Crippen molar-refractivity contribution in [3.05, 3.63) is 84.7 Å². The lowest BCUT2D eigenvalue weighted by Gasteiger charge is -2.07. The predicted octanol–water partition coefficient (Wildman–Crippen LogP) is 4.33. The molecule has 1 aromatic heterocycles. The zero-order valence-electron chi connectivity index (χ0n) is 11.1. The average Bonchev–Trinajstić information content (AvgIpc) is 2.55. The molecule has 3 aromatic rings. The molecule has 2 heteroatoms. The Balaban J connectivity index is 1.68. The molecule has 0 aliphatic carbocycles. The molecule has 0 spiro atoms. The lowest BCUT2D eigenvalue weighted by molar-refractivity contribution is 0.306. The molecular formula is C18H15NO. The van der Waals surface area contributed by atoms with Crippen molar-refractivity contribution in [1.82, 2.24) is 4.98 Å². The molecule has 0 radical (unpaired) electrons. The van der Waals surface area contributed by atoms with E-state index in [1.54, 1.807) is 6.20 Å². The third-order valence-electron chi connectivity index (χ3n) is 3.10. The molecule has 0 fully saturated rings. The molecule has 0 bridgehead atoms. The lowest BCUT2D eigenvalue weighted by atomic mass is 10.1. The van der Waals surface area contributed by atoms with Crippen molar-refractivity contribution in [2.75, 3.05) is 0 Å². The van der Waals surface area contributed by atoms with E-state index >= 15 is 0 Å². The van der Waals surface area contributed by atoms with Gasteiger partial charge in [0.05, 0.1) is 0 Å². The van der Waals surface area contributed by atoms with E-state index in [9.17, 15) is 0 Å². The first-order valence-electron chi connectivity index (χ1n) is 6.59. The minimum atomic E-state index is 0.590. The number of rotatable bonds is 4. The van der Waals surface area contributed by atoms with E-state index in [0.29, 0.717) is 6.61 Å². The number of pyridine rings is 1. The van der Waals surface area contributed by atoms with Crippen LogP contribution in [0.5, 0.6) is 5.75 Å². The van der Waals surface area contributed by atoms with E-state index in [1.165, 1.54) is 5.56 Å². The van der Waals surface area contributed by atoms with Crippen LogP contribution in [0.2, 0.25) is 0 Å². The van der Waals surface area contributed by atoms with Gasteiger partial charge in [-0.15, -0.1) is 0 Å². The third-order valence-corrected chi connectivity index (χ3v) is 3.10. The fraction of sp³-hybridized carbons (Fsp3) is 0.0556. The molecular weight excluding hydrogens is 246 g/mol. The monoisotopic (exact) mass is 261 g/mol. The Labute approximate surface area is 118 Å². The summed E-state index contributed by atoms with van der Waals surface area (Å²) in [5.41, 5.74) is 3.43. The van der Waals surface area contributed by atoms with Gasteiger partial charge in [0, 0.05) is 12.4 Å². The first-order valence-corrected chi connectivity index (χ1v) is 6.59. The summed E-state index contributed by atoms with van der Waals surface area (Å²) >= 11 is 0. The SMILES string of the molecule is c1ccc(COc2ccc(-c3cccnc3)cc2)cc1. The van der Waals surface area contributed by atoms with Crippen LogP contribution in [0.4, 0.5) is 0 Å². The Morgan fingerprint density at radius 2 is 1.55 bits per heavy atom. The standard InChI is InChI=1S/C18H15NO/c1-2-5-15(6-3-1)14-20-18-10-8-16(9-11-18)17-7-4-12-19-13-17/h1-13H,14H2. The Hall–Kier alpha value is -2.61.